The highest BCUT2D eigenvalue weighted by atomic mass is 16.3. The zero-order valence-corrected chi connectivity index (χ0v) is 23.6. The number of nitrogens with one attached hydrogen (secondary N) is 2. The molecule has 6 nitrogen and oxygen atoms in total. The smallest absolute Gasteiger partial charge is 0.220 e. The standard InChI is InChI=1S/C35H33N5O/c1-4-40(5-2)28-21-16-26(17-22-28)34-33(25-14-19-27(36-3)20-15-25)38-35(39-34)29-11-7-6-10-24(29)18-23-32-37-30-12-8-9-13-31(30)41-32/h6-23,36H,4-5H2,1-3H3,(H,38,39). The van der Waals surface area contributed by atoms with E-state index in [9.17, 15) is 0 Å². The minimum absolute atomic E-state index is 0.569. The molecule has 0 radical (unpaired) electrons. The molecule has 2 N–H and O–H groups in total. The van der Waals surface area contributed by atoms with Gasteiger partial charge in [-0.25, -0.2) is 9.97 Å². The molecule has 0 aliphatic rings. The molecule has 0 fully saturated rings. The molecule has 0 saturated carbocycles. The topological polar surface area (TPSA) is 70.0 Å². The van der Waals surface area contributed by atoms with Gasteiger partial charge in [-0.15, -0.1) is 0 Å². The van der Waals surface area contributed by atoms with Crippen molar-refractivity contribution in [2.24, 2.45) is 0 Å². The van der Waals surface area contributed by atoms with E-state index in [0.29, 0.717) is 5.89 Å². The van der Waals surface area contributed by atoms with E-state index in [1.165, 1.54) is 5.69 Å². The van der Waals surface area contributed by atoms with Crippen LogP contribution in [0.4, 0.5) is 11.4 Å². The number of hydrogen-bond acceptors (Lipinski definition) is 5. The summed E-state index contributed by atoms with van der Waals surface area (Å²) >= 11 is 0. The number of hydrogen-bond donors (Lipinski definition) is 2. The second kappa shape index (κ2) is 11.6. The van der Waals surface area contributed by atoms with Crippen LogP contribution in [0.1, 0.15) is 25.3 Å². The van der Waals surface area contributed by atoms with Crippen LogP contribution in [0.5, 0.6) is 0 Å². The van der Waals surface area contributed by atoms with E-state index in [1.54, 1.807) is 0 Å². The number of imidazole rings is 1. The van der Waals surface area contributed by atoms with Crippen molar-refractivity contribution in [1.82, 2.24) is 15.0 Å². The molecule has 6 rings (SSSR count). The Balaban J connectivity index is 1.42. The molecule has 0 unspecified atom stereocenters. The minimum Gasteiger partial charge on any atom is -0.437 e. The fraction of sp³-hybridized carbons (Fsp3) is 0.143. The average molecular weight is 540 g/mol. The van der Waals surface area contributed by atoms with Crippen molar-refractivity contribution >= 4 is 34.6 Å². The fourth-order valence-electron chi connectivity index (χ4n) is 5.12. The number of nitrogens with zero attached hydrogens (tertiary/aromatic N) is 3. The summed E-state index contributed by atoms with van der Waals surface area (Å²) in [4.78, 5) is 15.8. The summed E-state index contributed by atoms with van der Waals surface area (Å²) in [5.74, 6) is 1.37. The highest BCUT2D eigenvalue weighted by Crippen LogP contribution is 2.35. The minimum atomic E-state index is 0.569. The number of anilines is 2. The van der Waals surface area contributed by atoms with Crippen molar-refractivity contribution in [3.05, 3.63) is 109 Å². The summed E-state index contributed by atoms with van der Waals surface area (Å²) < 4.78 is 5.91. The molecule has 41 heavy (non-hydrogen) atoms. The second-order valence-corrected chi connectivity index (χ2v) is 9.80. The summed E-state index contributed by atoms with van der Waals surface area (Å²) in [5, 5.41) is 3.20. The van der Waals surface area contributed by atoms with Gasteiger partial charge in [-0.05, 0) is 61.9 Å². The number of aromatic amines is 1. The van der Waals surface area contributed by atoms with Crippen LogP contribution in [0.15, 0.2) is 101 Å². The largest absolute Gasteiger partial charge is 0.437 e. The predicted octanol–water partition coefficient (Wildman–Crippen LogP) is 8.61. The van der Waals surface area contributed by atoms with E-state index in [-0.39, 0.29) is 0 Å². The van der Waals surface area contributed by atoms with Crippen molar-refractivity contribution < 1.29 is 4.42 Å². The first kappa shape index (κ1) is 26.1. The SMILES string of the molecule is CCN(CC)c1ccc(-c2nc(-c3ccccc3C=Cc3nc4ccccc4o3)[nH]c2-c2ccc(NC)cc2)cc1. The molecule has 0 aliphatic heterocycles. The first-order valence-electron chi connectivity index (χ1n) is 14.0. The van der Waals surface area contributed by atoms with Gasteiger partial charge in [0.1, 0.15) is 11.3 Å². The third kappa shape index (κ3) is 5.37. The van der Waals surface area contributed by atoms with Crippen LogP contribution < -0.4 is 10.2 Å². The van der Waals surface area contributed by atoms with Gasteiger partial charge in [0, 0.05) is 54.3 Å². The monoisotopic (exact) mass is 539 g/mol. The van der Waals surface area contributed by atoms with E-state index in [1.807, 2.05) is 55.6 Å². The molecule has 6 heteroatoms. The highest BCUT2D eigenvalue weighted by Gasteiger charge is 2.17. The zero-order valence-electron chi connectivity index (χ0n) is 23.6. The molecular weight excluding hydrogens is 506 g/mol. The molecule has 0 atom stereocenters. The Kier molecular flexibility index (Phi) is 7.37. The molecule has 0 aliphatic carbocycles. The number of para-hydroxylation sites is 2. The van der Waals surface area contributed by atoms with Crippen molar-refractivity contribution in [3.8, 4) is 33.9 Å². The van der Waals surface area contributed by atoms with Crippen molar-refractivity contribution in [3.63, 3.8) is 0 Å². The lowest BCUT2D eigenvalue weighted by atomic mass is 10.0. The Bertz CT molecular complexity index is 1760. The van der Waals surface area contributed by atoms with E-state index < -0.39 is 0 Å². The van der Waals surface area contributed by atoms with Gasteiger partial charge in [0.15, 0.2) is 5.58 Å². The lowest BCUT2D eigenvalue weighted by Gasteiger charge is -2.21. The van der Waals surface area contributed by atoms with Crippen LogP contribution >= 0.6 is 0 Å². The lowest BCUT2D eigenvalue weighted by molar-refractivity contribution is 0.590. The molecule has 4 aromatic carbocycles. The molecule has 2 aromatic heterocycles. The van der Waals surface area contributed by atoms with Gasteiger partial charge in [-0.2, -0.15) is 0 Å². The number of rotatable bonds is 9. The maximum absolute atomic E-state index is 5.91. The summed E-state index contributed by atoms with van der Waals surface area (Å²) in [5.41, 5.74) is 9.95. The Labute approximate surface area is 240 Å². The molecule has 6 aromatic rings. The maximum atomic E-state index is 5.91. The van der Waals surface area contributed by atoms with Crippen molar-refractivity contribution in [1.29, 1.82) is 0 Å². The Morgan fingerprint density at radius 3 is 2.22 bits per heavy atom. The van der Waals surface area contributed by atoms with E-state index >= 15 is 0 Å². The van der Waals surface area contributed by atoms with Crippen LogP contribution in [-0.4, -0.2) is 35.1 Å². The molecule has 204 valence electrons. The summed E-state index contributed by atoms with van der Waals surface area (Å²) in [6.45, 7) is 6.31. The molecule has 0 bridgehead atoms. The van der Waals surface area contributed by atoms with Crippen LogP contribution in [0.2, 0.25) is 0 Å². The van der Waals surface area contributed by atoms with Crippen molar-refractivity contribution in [2.75, 3.05) is 30.4 Å². The average Bonchev–Trinajstić information content (AvgIpc) is 3.66. The maximum Gasteiger partial charge on any atom is 0.220 e. The van der Waals surface area contributed by atoms with Gasteiger partial charge in [0.2, 0.25) is 5.89 Å². The van der Waals surface area contributed by atoms with Crippen LogP contribution in [0, 0.1) is 0 Å². The molecule has 0 amide bonds. The van der Waals surface area contributed by atoms with Crippen LogP contribution in [0.3, 0.4) is 0 Å². The first-order valence-corrected chi connectivity index (χ1v) is 14.0. The van der Waals surface area contributed by atoms with E-state index in [4.69, 9.17) is 9.40 Å². The molecular formula is C35H33N5O. The van der Waals surface area contributed by atoms with Gasteiger partial charge in [-0.1, -0.05) is 60.7 Å². The number of H-pyrrole nitrogens is 1. The number of aromatic nitrogens is 3. The van der Waals surface area contributed by atoms with Gasteiger partial charge in [0.25, 0.3) is 0 Å². The third-order valence-electron chi connectivity index (χ3n) is 7.37. The van der Waals surface area contributed by atoms with E-state index in [0.717, 1.165) is 69.3 Å². The van der Waals surface area contributed by atoms with Crippen molar-refractivity contribution in [2.45, 2.75) is 13.8 Å². The van der Waals surface area contributed by atoms with Gasteiger partial charge < -0.3 is 19.6 Å². The summed E-state index contributed by atoms with van der Waals surface area (Å²) in [6.07, 6.45) is 3.94. The lowest BCUT2D eigenvalue weighted by Crippen LogP contribution is -2.21. The zero-order chi connectivity index (χ0) is 28.2. The third-order valence-corrected chi connectivity index (χ3v) is 7.37. The van der Waals surface area contributed by atoms with Gasteiger partial charge in [0.05, 0.1) is 11.4 Å². The predicted molar refractivity (Wildman–Crippen MR) is 171 cm³/mol. The van der Waals surface area contributed by atoms with Gasteiger partial charge in [-0.3, -0.25) is 0 Å². The highest BCUT2D eigenvalue weighted by molar-refractivity contribution is 5.85. The van der Waals surface area contributed by atoms with Crippen LogP contribution in [0.25, 0.3) is 57.2 Å². The van der Waals surface area contributed by atoms with E-state index in [2.05, 4.69) is 94.7 Å². The van der Waals surface area contributed by atoms with Crippen LogP contribution in [-0.2, 0) is 0 Å². The normalized spacial score (nSPS) is 11.4. The molecule has 2 heterocycles. The first-order chi connectivity index (χ1) is 20.2. The quantitative estimate of drug-likeness (QED) is 0.192. The summed E-state index contributed by atoms with van der Waals surface area (Å²) in [6, 6.07) is 33.1. The molecule has 0 spiro atoms. The molecule has 0 saturated heterocycles. The number of fused-ring (bicyclic) bond motifs is 1. The second-order valence-electron chi connectivity index (χ2n) is 9.80. The summed E-state index contributed by atoms with van der Waals surface area (Å²) in [7, 11) is 1.93. The van der Waals surface area contributed by atoms with Gasteiger partial charge >= 0.3 is 0 Å². The Morgan fingerprint density at radius 1 is 0.780 bits per heavy atom. The fourth-order valence-corrected chi connectivity index (χ4v) is 5.12. The Hall–Kier alpha value is -5.10. The number of benzene rings is 4. The number of oxazole rings is 1. The Morgan fingerprint density at radius 2 is 1.49 bits per heavy atom.